The number of carboxylic acid groups (broad SMARTS) is 1. The largest absolute Gasteiger partial charge is 0.497 e. The van der Waals surface area contributed by atoms with Crippen LogP contribution in [0.25, 0.3) is 0 Å². The first-order valence-electron chi connectivity index (χ1n) is 6.08. The van der Waals surface area contributed by atoms with Crippen LogP contribution < -0.4 is 4.74 Å². The summed E-state index contributed by atoms with van der Waals surface area (Å²) in [5.74, 6) is -2.03. The number of hydrogen-bond donors (Lipinski definition) is 1. The standard InChI is InChI=1S/C15H14FNO3/c1-20-11-6-4-10(5-7-11)9-12(15(18)19)14-13(16)3-2-8-17-14/h2-8,12H,9H2,1H3,(H,18,19). The third kappa shape index (κ3) is 3.12. The van der Waals surface area contributed by atoms with Crippen LogP contribution in [0.4, 0.5) is 4.39 Å². The van der Waals surface area contributed by atoms with Crippen molar-refractivity contribution in [1.29, 1.82) is 0 Å². The molecule has 2 aromatic rings. The number of hydrogen-bond acceptors (Lipinski definition) is 3. The number of carboxylic acids is 1. The number of pyridine rings is 1. The zero-order chi connectivity index (χ0) is 14.5. The maximum Gasteiger partial charge on any atom is 0.313 e. The van der Waals surface area contributed by atoms with Gasteiger partial charge in [-0.05, 0) is 36.2 Å². The molecule has 0 saturated carbocycles. The monoisotopic (exact) mass is 275 g/mol. The highest BCUT2D eigenvalue weighted by molar-refractivity contribution is 5.76. The van der Waals surface area contributed by atoms with E-state index in [-0.39, 0.29) is 12.1 Å². The lowest BCUT2D eigenvalue weighted by molar-refractivity contribution is -0.138. The number of benzene rings is 1. The van der Waals surface area contributed by atoms with Gasteiger partial charge >= 0.3 is 5.97 Å². The van der Waals surface area contributed by atoms with Gasteiger partial charge in [-0.25, -0.2) is 4.39 Å². The van der Waals surface area contributed by atoms with E-state index < -0.39 is 17.7 Å². The fraction of sp³-hybridized carbons (Fsp3) is 0.200. The molecular weight excluding hydrogens is 261 g/mol. The summed E-state index contributed by atoms with van der Waals surface area (Å²) in [6.45, 7) is 0. The third-order valence-corrected chi connectivity index (χ3v) is 3.01. The maximum atomic E-state index is 13.7. The summed E-state index contributed by atoms with van der Waals surface area (Å²) < 4.78 is 18.7. The number of aromatic nitrogens is 1. The summed E-state index contributed by atoms with van der Waals surface area (Å²) in [5, 5.41) is 9.28. The smallest absolute Gasteiger partial charge is 0.313 e. The van der Waals surface area contributed by atoms with Crippen LogP contribution in [0.5, 0.6) is 5.75 Å². The molecule has 20 heavy (non-hydrogen) atoms. The molecule has 0 spiro atoms. The molecule has 0 radical (unpaired) electrons. The van der Waals surface area contributed by atoms with E-state index in [0.717, 1.165) is 5.56 Å². The van der Waals surface area contributed by atoms with Gasteiger partial charge in [-0.3, -0.25) is 9.78 Å². The van der Waals surface area contributed by atoms with Crippen molar-refractivity contribution in [2.45, 2.75) is 12.3 Å². The van der Waals surface area contributed by atoms with Crippen LogP contribution in [-0.2, 0) is 11.2 Å². The number of halogens is 1. The van der Waals surface area contributed by atoms with Crippen molar-refractivity contribution in [2.75, 3.05) is 7.11 Å². The molecule has 0 saturated heterocycles. The Morgan fingerprint density at radius 3 is 2.60 bits per heavy atom. The Balaban J connectivity index is 2.26. The van der Waals surface area contributed by atoms with Gasteiger partial charge in [-0.1, -0.05) is 12.1 Å². The number of nitrogens with zero attached hydrogens (tertiary/aromatic N) is 1. The van der Waals surface area contributed by atoms with Crippen molar-refractivity contribution in [3.8, 4) is 5.75 Å². The quantitative estimate of drug-likeness (QED) is 0.911. The SMILES string of the molecule is COc1ccc(CC(C(=O)O)c2ncccc2F)cc1. The van der Waals surface area contributed by atoms with Gasteiger partial charge in [0.25, 0.3) is 0 Å². The van der Waals surface area contributed by atoms with Crippen LogP contribution in [0, 0.1) is 5.82 Å². The molecule has 1 N–H and O–H groups in total. The minimum Gasteiger partial charge on any atom is -0.497 e. The van der Waals surface area contributed by atoms with Gasteiger partial charge in [0.2, 0.25) is 0 Å². The molecule has 1 heterocycles. The zero-order valence-corrected chi connectivity index (χ0v) is 10.9. The number of aliphatic carboxylic acids is 1. The predicted octanol–water partition coefficient (Wildman–Crippen LogP) is 2.64. The molecule has 0 aliphatic carbocycles. The van der Waals surface area contributed by atoms with Crippen LogP contribution >= 0.6 is 0 Å². The van der Waals surface area contributed by atoms with Crippen LogP contribution in [0.1, 0.15) is 17.2 Å². The normalized spacial score (nSPS) is 11.9. The molecule has 0 aliphatic heterocycles. The van der Waals surface area contributed by atoms with Crippen LogP contribution in [-0.4, -0.2) is 23.2 Å². The van der Waals surface area contributed by atoms with Crippen LogP contribution in [0.15, 0.2) is 42.6 Å². The summed E-state index contributed by atoms with van der Waals surface area (Å²) >= 11 is 0. The molecule has 1 aromatic carbocycles. The van der Waals surface area contributed by atoms with Gasteiger partial charge in [-0.2, -0.15) is 0 Å². The Bertz CT molecular complexity index is 598. The summed E-state index contributed by atoms with van der Waals surface area (Å²) in [6, 6.07) is 9.65. The van der Waals surface area contributed by atoms with E-state index in [1.54, 1.807) is 31.4 Å². The van der Waals surface area contributed by atoms with Crippen molar-refractivity contribution < 1.29 is 19.0 Å². The fourth-order valence-corrected chi connectivity index (χ4v) is 1.95. The minimum atomic E-state index is -1.10. The molecule has 1 unspecified atom stereocenters. The lowest BCUT2D eigenvalue weighted by atomic mass is 9.95. The molecule has 0 bridgehead atoms. The van der Waals surface area contributed by atoms with E-state index >= 15 is 0 Å². The molecule has 2 rings (SSSR count). The van der Waals surface area contributed by atoms with Crippen molar-refractivity contribution in [3.63, 3.8) is 0 Å². The van der Waals surface area contributed by atoms with Crippen LogP contribution in [0.3, 0.4) is 0 Å². The lowest BCUT2D eigenvalue weighted by Crippen LogP contribution is -2.17. The predicted molar refractivity (Wildman–Crippen MR) is 71.3 cm³/mol. The number of ether oxygens (including phenoxy) is 1. The third-order valence-electron chi connectivity index (χ3n) is 3.01. The Labute approximate surface area is 115 Å². The topological polar surface area (TPSA) is 59.4 Å². The highest BCUT2D eigenvalue weighted by atomic mass is 19.1. The molecule has 1 atom stereocenters. The van der Waals surface area contributed by atoms with Crippen molar-refractivity contribution in [3.05, 3.63) is 59.7 Å². The molecule has 0 fully saturated rings. The number of rotatable bonds is 5. The Morgan fingerprint density at radius 1 is 1.35 bits per heavy atom. The van der Waals surface area contributed by atoms with E-state index in [4.69, 9.17) is 4.74 Å². The molecule has 0 aliphatic rings. The second-order valence-electron chi connectivity index (χ2n) is 4.31. The number of methoxy groups -OCH3 is 1. The van der Waals surface area contributed by atoms with Crippen molar-refractivity contribution in [1.82, 2.24) is 4.98 Å². The first-order valence-corrected chi connectivity index (χ1v) is 6.08. The van der Waals surface area contributed by atoms with Gasteiger partial charge in [0, 0.05) is 6.20 Å². The molecule has 5 heteroatoms. The minimum absolute atomic E-state index is 0.0455. The summed E-state index contributed by atoms with van der Waals surface area (Å²) in [4.78, 5) is 15.2. The fourth-order valence-electron chi connectivity index (χ4n) is 1.95. The average Bonchev–Trinajstić information content (AvgIpc) is 2.46. The summed E-state index contributed by atoms with van der Waals surface area (Å²) in [6.07, 6.45) is 1.57. The molecule has 4 nitrogen and oxygen atoms in total. The van der Waals surface area contributed by atoms with Crippen LogP contribution in [0.2, 0.25) is 0 Å². The number of carbonyl (C=O) groups is 1. The van der Waals surface area contributed by atoms with E-state index in [0.29, 0.717) is 5.75 Å². The van der Waals surface area contributed by atoms with Crippen molar-refractivity contribution >= 4 is 5.97 Å². The second kappa shape index (κ2) is 6.14. The Kier molecular flexibility index (Phi) is 4.30. The summed E-state index contributed by atoms with van der Waals surface area (Å²) in [7, 11) is 1.55. The van der Waals surface area contributed by atoms with E-state index in [2.05, 4.69) is 4.98 Å². The zero-order valence-electron chi connectivity index (χ0n) is 10.9. The van der Waals surface area contributed by atoms with E-state index in [9.17, 15) is 14.3 Å². The first-order chi connectivity index (χ1) is 9.61. The molecule has 1 aromatic heterocycles. The van der Waals surface area contributed by atoms with Gasteiger partial charge < -0.3 is 9.84 Å². The molecule has 104 valence electrons. The average molecular weight is 275 g/mol. The second-order valence-corrected chi connectivity index (χ2v) is 4.31. The highest BCUT2D eigenvalue weighted by Crippen LogP contribution is 2.23. The first kappa shape index (κ1) is 14.0. The van der Waals surface area contributed by atoms with Gasteiger partial charge in [0.05, 0.1) is 12.8 Å². The maximum absolute atomic E-state index is 13.7. The van der Waals surface area contributed by atoms with Gasteiger partial charge in [0.15, 0.2) is 0 Å². The van der Waals surface area contributed by atoms with Gasteiger partial charge in [-0.15, -0.1) is 0 Å². The Hall–Kier alpha value is -2.43. The van der Waals surface area contributed by atoms with Crippen molar-refractivity contribution in [2.24, 2.45) is 0 Å². The highest BCUT2D eigenvalue weighted by Gasteiger charge is 2.24. The molecular formula is C15H14FNO3. The Morgan fingerprint density at radius 2 is 2.05 bits per heavy atom. The van der Waals surface area contributed by atoms with E-state index in [1.807, 2.05) is 0 Å². The molecule has 0 amide bonds. The summed E-state index contributed by atoms with van der Waals surface area (Å²) in [5.41, 5.74) is 0.735. The van der Waals surface area contributed by atoms with Gasteiger partial charge in [0.1, 0.15) is 17.5 Å². The van der Waals surface area contributed by atoms with E-state index in [1.165, 1.54) is 18.3 Å². The lowest BCUT2D eigenvalue weighted by Gasteiger charge is -2.13.